The van der Waals surface area contributed by atoms with Crippen LogP contribution in [0, 0.1) is 5.92 Å². The van der Waals surface area contributed by atoms with E-state index in [1.54, 1.807) is 12.1 Å². The highest BCUT2D eigenvalue weighted by Gasteiger charge is 2.34. The number of nitrogens with zero attached hydrogens (tertiary/aromatic N) is 2. The van der Waals surface area contributed by atoms with Crippen molar-refractivity contribution < 1.29 is 22.7 Å². The second-order valence-electron chi connectivity index (χ2n) is 7.08. The molecule has 0 atom stereocenters. The van der Waals surface area contributed by atoms with Crippen LogP contribution in [0.2, 0.25) is 0 Å². The summed E-state index contributed by atoms with van der Waals surface area (Å²) in [6.07, 6.45) is 5.35. The molecule has 0 spiro atoms. The van der Waals surface area contributed by atoms with Crippen LogP contribution in [0.15, 0.2) is 23.1 Å². The van der Waals surface area contributed by atoms with Crippen LogP contribution >= 0.6 is 0 Å². The highest BCUT2D eigenvalue weighted by atomic mass is 32.2. The van der Waals surface area contributed by atoms with Gasteiger partial charge in [0, 0.05) is 38.2 Å². The van der Waals surface area contributed by atoms with Crippen LogP contribution in [0.3, 0.4) is 0 Å². The van der Waals surface area contributed by atoms with Gasteiger partial charge in [0.05, 0.1) is 14.2 Å². The summed E-state index contributed by atoms with van der Waals surface area (Å²) < 4.78 is 37.9. The van der Waals surface area contributed by atoms with Crippen molar-refractivity contribution in [3.63, 3.8) is 0 Å². The molecular weight excluding hydrogens is 368 g/mol. The van der Waals surface area contributed by atoms with Crippen LogP contribution < -0.4 is 9.47 Å². The minimum Gasteiger partial charge on any atom is -0.497 e. The Morgan fingerprint density at radius 1 is 1.00 bits per heavy atom. The van der Waals surface area contributed by atoms with Crippen molar-refractivity contribution in [3.05, 3.63) is 18.2 Å². The van der Waals surface area contributed by atoms with Crippen LogP contribution in [-0.4, -0.2) is 63.9 Å². The van der Waals surface area contributed by atoms with E-state index in [1.165, 1.54) is 31.0 Å². The predicted molar refractivity (Wildman–Crippen MR) is 101 cm³/mol. The van der Waals surface area contributed by atoms with Gasteiger partial charge in [-0.3, -0.25) is 4.79 Å². The molecule has 1 aliphatic carbocycles. The Bertz CT molecular complexity index is 766. The second kappa shape index (κ2) is 8.48. The molecule has 0 bridgehead atoms. The quantitative estimate of drug-likeness (QED) is 0.762. The van der Waals surface area contributed by atoms with E-state index in [9.17, 15) is 13.2 Å². The fraction of sp³-hybridized carbons (Fsp3) is 0.632. The van der Waals surface area contributed by atoms with E-state index >= 15 is 0 Å². The molecule has 1 aromatic rings. The van der Waals surface area contributed by atoms with Gasteiger partial charge in [-0.2, -0.15) is 4.31 Å². The lowest BCUT2D eigenvalue weighted by molar-refractivity contribution is -0.137. The van der Waals surface area contributed by atoms with Crippen LogP contribution in [-0.2, 0) is 14.8 Å². The van der Waals surface area contributed by atoms with Crippen molar-refractivity contribution in [2.45, 2.75) is 37.0 Å². The number of rotatable bonds is 5. The van der Waals surface area contributed by atoms with E-state index < -0.39 is 10.0 Å². The number of hydrogen-bond acceptors (Lipinski definition) is 5. The van der Waals surface area contributed by atoms with Gasteiger partial charge in [-0.05, 0) is 25.0 Å². The monoisotopic (exact) mass is 396 g/mol. The zero-order valence-electron chi connectivity index (χ0n) is 16.0. The molecule has 1 amide bonds. The number of carbonyl (C=O) groups is 1. The molecule has 150 valence electrons. The van der Waals surface area contributed by atoms with Gasteiger partial charge in [0.2, 0.25) is 15.9 Å². The third-order valence-corrected chi connectivity index (χ3v) is 7.43. The van der Waals surface area contributed by atoms with Crippen molar-refractivity contribution >= 4 is 15.9 Å². The van der Waals surface area contributed by atoms with E-state index in [0.29, 0.717) is 31.9 Å². The smallest absolute Gasteiger partial charge is 0.246 e. The number of sulfonamides is 1. The fourth-order valence-corrected chi connectivity index (χ4v) is 5.44. The summed E-state index contributed by atoms with van der Waals surface area (Å²) in [5.74, 6) is 1.10. The maximum atomic E-state index is 13.0. The van der Waals surface area contributed by atoms with E-state index in [0.717, 1.165) is 25.7 Å². The summed E-state index contributed by atoms with van der Waals surface area (Å²) in [6.45, 7) is 1.48. The largest absolute Gasteiger partial charge is 0.497 e. The number of amides is 1. The van der Waals surface area contributed by atoms with Gasteiger partial charge in [-0.15, -0.1) is 0 Å². The van der Waals surface area contributed by atoms with E-state index in [1.807, 2.05) is 4.90 Å². The first-order valence-electron chi connectivity index (χ1n) is 9.48. The van der Waals surface area contributed by atoms with E-state index in [-0.39, 0.29) is 22.5 Å². The molecule has 0 aromatic heterocycles. The first-order valence-corrected chi connectivity index (χ1v) is 10.9. The third kappa shape index (κ3) is 4.21. The predicted octanol–water partition coefficient (Wildman–Crippen LogP) is 2.12. The molecule has 0 radical (unpaired) electrons. The Kier molecular flexibility index (Phi) is 6.26. The SMILES string of the molecule is COc1ccc(S(=O)(=O)N2CCN(C(=O)C3CCCCC3)CC2)c(OC)c1. The lowest BCUT2D eigenvalue weighted by Gasteiger charge is -2.36. The lowest BCUT2D eigenvalue weighted by Crippen LogP contribution is -2.52. The van der Waals surface area contributed by atoms with Crippen LogP contribution in [0.4, 0.5) is 0 Å². The lowest BCUT2D eigenvalue weighted by atomic mass is 9.88. The van der Waals surface area contributed by atoms with E-state index in [2.05, 4.69) is 0 Å². The zero-order valence-corrected chi connectivity index (χ0v) is 16.8. The van der Waals surface area contributed by atoms with Crippen LogP contribution in [0.5, 0.6) is 11.5 Å². The molecule has 0 N–H and O–H groups in total. The summed E-state index contributed by atoms with van der Waals surface area (Å²) in [6, 6.07) is 4.68. The molecular formula is C19H28N2O5S. The highest BCUT2D eigenvalue weighted by molar-refractivity contribution is 7.89. The first kappa shape index (κ1) is 19.9. The van der Waals surface area contributed by atoms with Gasteiger partial charge in [0.1, 0.15) is 16.4 Å². The van der Waals surface area contributed by atoms with Crippen LogP contribution in [0.25, 0.3) is 0 Å². The number of piperazine rings is 1. The molecule has 1 saturated carbocycles. The summed E-state index contributed by atoms with van der Waals surface area (Å²) >= 11 is 0. The van der Waals surface area contributed by atoms with Gasteiger partial charge in [-0.1, -0.05) is 19.3 Å². The van der Waals surface area contributed by atoms with E-state index in [4.69, 9.17) is 9.47 Å². The number of benzene rings is 1. The van der Waals surface area contributed by atoms with Crippen molar-refractivity contribution in [1.29, 1.82) is 0 Å². The average molecular weight is 397 g/mol. The molecule has 1 aliphatic heterocycles. The molecule has 1 saturated heterocycles. The summed E-state index contributed by atoms with van der Waals surface area (Å²) in [5.41, 5.74) is 0. The van der Waals surface area contributed by atoms with Crippen molar-refractivity contribution in [3.8, 4) is 11.5 Å². The van der Waals surface area contributed by atoms with Crippen molar-refractivity contribution in [1.82, 2.24) is 9.21 Å². The summed E-state index contributed by atoms with van der Waals surface area (Å²) in [5, 5.41) is 0. The van der Waals surface area contributed by atoms with Crippen LogP contribution in [0.1, 0.15) is 32.1 Å². The molecule has 0 unspecified atom stereocenters. The summed E-state index contributed by atoms with van der Waals surface area (Å²) in [4.78, 5) is 14.6. The molecule has 2 aliphatic rings. The van der Waals surface area contributed by atoms with Gasteiger partial charge in [0.15, 0.2) is 0 Å². The Hall–Kier alpha value is -1.80. The maximum Gasteiger partial charge on any atom is 0.246 e. The molecule has 27 heavy (non-hydrogen) atoms. The Balaban J connectivity index is 1.69. The Morgan fingerprint density at radius 3 is 2.26 bits per heavy atom. The third-order valence-electron chi connectivity index (χ3n) is 5.49. The molecule has 1 aromatic carbocycles. The molecule has 2 fully saturated rings. The summed E-state index contributed by atoms with van der Waals surface area (Å²) in [7, 11) is -0.731. The van der Waals surface area contributed by atoms with Gasteiger partial charge >= 0.3 is 0 Å². The van der Waals surface area contributed by atoms with Gasteiger partial charge in [-0.25, -0.2) is 8.42 Å². The topological polar surface area (TPSA) is 76.2 Å². The zero-order chi connectivity index (χ0) is 19.4. The second-order valence-corrected chi connectivity index (χ2v) is 8.99. The number of ether oxygens (including phenoxy) is 2. The Labute approximate surface area is 161 Å². The number of hydrogen-bond donors (Lipinski definition) is 0. The normalized spacial score (nSPS) is 19.7. The minimum absolute atomic E-state index is 0.114. The molecule has 1 heterocycles. The minimum atomic E-state index is -3.69. The van der Waals surface area contributed by atoms with Gasteiger partial charge < -0.3 is 14.4 Å². The standard InChI is InChI=1S/C19H28N2O5S/c1-25-16-8-9-18(17(14-16)26-2)27(23,24)21-12-10-20(11-13-21)19(22)15-6-4-3-5-7-15/h8-9,14-15H,3-7,10-13H2,1-2H3. The first-order chi connectivity index (χ1) is 13.0. The fourth-order valence-electron chi connectivity index (χ4n) is 3.88. The highest BCUT2D eigenvalue weighted by Crippen LogP contribution is 2.31. The molecule has 3 rings (SSSR count). The molecule has 7 nitrogen and oxygen atoms in total. The van der Waals surface area contributed by atoms with Crippen molar-refractivity contribution in [2.24, 2.45) is 5.92 Å². The number of carbonyl (C=O) groups excluding carboxylic acids is 1. The number of methoxy groups -OCH3 is 2. The average Bonchev–Trinajstić information content (AvgIpc) is 2.73. The Morgan fingerprint density at radius 2 is 1.67 bits per heavy atom. The van der Waals surface area contributed by atoms with Crippen molar-refractivity contribution in [2.75, 3.05) is 40.4 Å². The van der Waals surface area contributed by atoms with Gasteiger partial charge in [0.25, 0.3) is 0 Å². The maximum absolute atomic E-state index is 13.0. The molecule has 8 heteroatoms.